The third kappa shape index (κ3) is 4.88. The second-order valence-corrected chi connectivity index (χ2v) is 7.12. The van der Waals surface area contributed by atoms with Gasteiger partial charge in [-0.3, -0.25) is 9.59 Å². The Bertz CT molecular complexity index is 843. The van der Waals surface area contributed by atoms with E-state index in [9.17, 15) is 14.0 Å². The van der Waals surface area contributed by atoms with E-state index in [0.29, 0.717) is 31.5 Å². The van der Waals surface area contributed by atoms with Gasteiger partial charge in [0.2, 0.25) is 0 Å². The van der Waals surface area contributed by atoms with Gasteiger partial charge < -0.3 is 15.0 Å². The number of ether oxygens (including phenoxy) is 1. The Balaban J connectivity index is 1.45. The lowest BCUT2D eigenvalue weighted by Crippen LogP contribution is -2.47. The third-order valence-electron chi connectivity index (χ3n) is 5.20. The normalized spacial score (nSPS) is 14.6. The predicted octanol–water partition coefficient (Wildman–Crippen LogP) is 3.24. The summed E-state index contributed by atoms with van der Waals surface area (Å²) in [4.78, 5) is 26.4. The molecule has 1 heterocycles. The number of nitrogens with one attached hydrogen (secondary N) is 1. The molecule has 1 saturated heterocycles. The van der Waals surface area contributed by atoms with Crippen LogP contribution in [0.5, 0.6) is 5.75 Å². The summed E-state index contributed by atoms with van der Waals surface area (Å²) >= 11 is 0. The van der Waals surface area contributed by atoms with E-state index < -0.39 is 0 Å². The van der Waals surface area contributed by atoms with Crippen LogP contribution < -0.4 is 10.1 Å². The number of likely N-dealkylation sites (tertiary alicyclic amines) is 1. The predicted molar refractivity (Wildman–Crippen MR) is 105 cm³/mol. The quantitative estimate of drug-likeness (QED) is 0.861. The lowest BCUT2D eigenvalue weighted by molar-refractivity contribution is -0.134. The van der Waals surface area contributed by atoms with Crippen molar-refractivity contribution in [2.24, 2.45) is 0 Å². The van der Waals surface area contributed by atoms with E-state index in [1.807, 2.05) is 32.0 Å². The largest absolute Gasteiger partial charge is 0.483 e. The topological polar surface area (TPSA) is 58.6 Å². The summed E-state index contributed by atoms with van der Waals surface area (Å²) in [6, 6.07) is 11.3. The third-order valence-corrected chi connectivity index (χ3v) is 5.20. The van der Waals surface area contributed by atoms with Gasteiger partial charge in [-0.2, -0.15) is 0 Å². The molecule has 0 spiro atoms. The lowest BCUT2D eigenvalue weighted by atomic mass is 10.0. The van der Waals surface area contributed by atoms with Crippen LogP contribution in [0.2, 0.25) is 0 Å². The fraction of sp³-hybridized carbons (Fsp3) is 0.364. The number of amides is 2. The maximum absolute atomic E-state index is 13.0. The van der Waals surface area contributed by atoms with Crippen molar-refractivity contribution >= 4 is 11.8 Å². The van der Waals surface area contributed by atoms with Crippen molar-refractivity contribution in [3.63, 3.8) is 0 Å². The fourth-order valence-corrected chi connectivity index (χ4v) is 3.25. The number of piperidine rings is 1. The number of hydrogen-bond acceptors (Lipinski definition) is 3. The average molecular weight is 384 g/mol. The Morgan fingerprint density at radius 2 is 1.79 bits per heavy atom. The summed E-state index contributed by atoms with van der Waals surface area (Å²) in [7, 11) is 0. The van der Waals surface area contributed by atoms with E-state index in [-0.39, 0.29) is 30.3 Å². The van der Waals surface area contributed by atoms with E-state index in [1.54, 1.807) is 4.90 Å². The van der Waals surface area contributed by atoms with Gasteiger partial charge in [0.15, 0.2) is 6.61 Å². The summed E-state index contributed by atoms with van der Waals surface area (Å²) in [6.07, 6.45) is 1.37. The molecule has 1 aliphatic rings. The molecule has 0 aromatic heterocycles. The first-order valence-electron chi connectivity index (χ1n) is 9.47. The number of benzene rings is 2. The van der Waals surface area contributed by atoms with E-state index in [4.69, 9.17) is 4.74 Å². The van der Waals surface area contributed by atoms with Crippen LogP contribution in [0, 0.1) is 19.7 Å². The molecule has 0 saturated carbocycles. The van der Waals surface area contributed by atoms with Gasteiger partial charge in [-0.05, 0) is 68.1 Å². The molecule has 1 N–H and O–H groups in total. The van der Waals surface area contributed by atoms with Crippen molar-refractivity contribution in [2.45, 2.75) is 32.7 Å². The van der Waals surface area contributed by atoms with E-state index >= 15 is 0 Å². The molecule has 2 amide bonds. The van der Waals surface area contributed by atoms with Crippen LogP contribution in [-0.4, -0.2) is 42.5 Å². The minimum absolute atomic E-state index is 0.00142. The lowest BCUT2D eigenvalue weighted by Gasteiger charge is -2.32. The van der Waals surface area contributed by atoms with Gasteiger partial charge in [0.05, 0.1) is 0 Å². The van der Waals surface area contributed by atoms with Crippen LogP contribution in [-0.2, 0) is 4.79 Å². The summed E-state index contributed by atoms with van der Waals surface area (Å²) in [5, 5.41) is 2.96. The summed E-state index contributed by atoms with van der Waals surface area (Å²) in [6.45, 7) is 5.14. The second kappa shape index (κ2) is 8.87. The highest BCUT2D eigenvalue weighted by Gasteiger charge is 2.24. The molecule has 0 aliphatic carbocycles. The van der Waals surface area contributed by atoms with Gasteiger partial charge in [-0.25, -0.2) is 4.39 Å². The van der Waals surface area contributed by atoms with Crippen LogP contribution in [0.15, 0.2) is 42.5 Å². The zero-order valence-corrected chi connectivity index (χ0v) is 16.2. The van der Waals surface area contributed by atoms with Crippen molar-refractivity contribution in [1.29, 1.82) is 0 Å². The second-order valence-electron chi connectivity index (χ2n) is 7.12. The molecule has 5 nitrogen and oxygen atoms in total. The number of nitrogens with zero attached hydrogens (tertiary/aromatic N) is 1. The maximum Gasteiger partial charge on any atom is 0.260 e. The molecule has 0 bridgehead atoms. The van der Waals surface area contributed by atoms with E-state index in [1.165, 1.54) is 24.3 Å². The first-order valence-corrected chi connectivity index (χ1v) is 9.47. The van der Waals surface area contributed by atoms with Crippen LogP contribution in [0.3, 0.4) is 0 Å². The Morgan fingerprint density at radius 3 is 2.46 bits per heavy atom. The zero-order valence-electron chi connectivity index (χ0n) is 16.2. The highest BCUT2D eigenvalue weighted by atomic mass is 19.1. The van der Waals surface area contributed by atoms with Gasteiger partial charge in [0.1, 0.15) is 11.6 Å². The molecule has 3 rings (SSSR count). The highest BCUT2D eigenvalue weighted by molar-refractivity contribution is 5.94. The fourth-order valence-electron chi connectivity index (χ4n) is 3.25. The molecule has 2 aromatic carbocycles. The van der Waals surface area contributed by atoms with Crippen LogP contribution in [0.4, 0.5) is 4.39 Å². The van der Waals surface area contributed by atoms with Gasteiger partial charge in [0, 0.05) is 24.7 Å². The van der Waals surface area contributed by atoms with Crippen molar-refractivity contribution < 1.29 is 18.7 Å². The zero-order chi connectivity index (χ0) is 20.1. The number of hydrogen-bond donors (Lipinski definition) is 1. The van der Waals surface area contributed by atoms with Crippen LogP contribution >= 0.6 is 0 Å². The van der Waals surface area contributed by atoms with Gasteiger partial charge in [-0.1, -0.05) is 12.1 Å². The van der Waals surface area contributed by atoms with Crippen LogP contribution in [0.25, 0.3) is 0 Å². The smallest absolute Gasteiger partial charge is 0.260 e. The van der Waals surface area contributed by atoms with Gasteiger partial charge >= 0.3 is 0 Å². The summed E-state index contributed by atoms with van der Waals surface area (Å²) in [5.41, 5.74) is 2.60. The molecular weight excluding hydrogens is 359 g/mol. The molecule has 2 aromatic rings. The minimum atomic E-state index is -0.369. The first kappa shape index (κ1) is 19.9. The number of halogens is 1. The highest BCUT2D eigenvalue weighted by Crippen LogP contribution is 2.21. The molecular formula is C22H25FN2O3. The first-order chi connectivity index (χ1) is 13.4. The molecule has 0 radical (unpaired) electrons. The maximum atomic E-state index is 13.0. The Labute approximate surface area is 164 Å². The number of carbonyl (C=O) groups excluding carboxylic acids is 2. The Hall–Kier alpha value is -2.89. The molecule has 6 heteroatoms. The number of carbonyl (C=O) groups is 2. The molecule has 148 valence electrons. The van der Waals surface area contributed by atoms with Crippen molar-refractivity contribution in [3.8, 4) is 5.75 Å². The van der Waals surface area contributed by atoms with E-state index in [0.717, 1.165) is 16.9 Å². The SMILES string of the molecule is Cc1cccc(OCC(=O)N2CCC(NC(=O)c3ccc(F)cc3)CC2)c1C. The Kier molecular flexibility index (Phi) is 6.29. The number of rotatable bonds is 5. The average Bonchev–Trinajstić information content (AvgIpc) is 2.70. The molecule has 1 aliphatic heterocycles. The van der Waals surface area contributed by atoms with Gasteiger partial charge in [0.25, 0.3) is 11.8 Å². The standard InChI is InChI=1S/C22H25FN2O3/c1-15-4-3-5-20(16(15)2)28-14-21(26)25-12-10-19(11-13-25)24-22(27)17-6-8-18(23)9-7-17/h3-9,19H,10-14H2,1-2H3,(H,24,27). The van der Waals surface area contributed by atoms with Crippen molar-refractivity contribution in [3.05, 3.63) is 65.0 Å². The Morgan fingerprint density at radius 1 is 1.11 bits per heavy atom. The molecule has 1 fully saturated rings. The van der Waals surface area contributed by atoms with Crippen molar-refractivity contribution in [2.75, 3.05) is 19.7 Å². The molecule has 0 unspecified atom stereocenters. The van der Waals surface area contributed by atoms with E-state index in [2.05, 4.69) is 5.32 Å². The molecule has 28 heavy (non-hydrogen) atoms. The van der Waals surface area contributed by atoms with Crippen LogP contribution in [0.1, 0.15) is 34.3 Å². The molecule has 0 atom stereocenters. The number of aryl methyl sites for hydroxylation is 1. The summed E-state index contributed by atoms with van der Waals surface area (Å²) in [5.74, 6) is 0.0912. The minimum Gasteiger partial charge on any atom is -0.483 e. The van der Waals surface area contributed by atoms with Gasteiger partial charge in [-0.15, -0.1) is 0 Å². The van der Waals surface area contributed by atoms with Crippen molar-refractivity contribution in [1.82, 2.24) is 10.2 Å². The monoisotopic (exact) mass is 384 g/mol. The summed E-state index contributed by atoms with van der Waals surface area (Å²) < 4.78 is 18.7.